The van der Waals surface area contributed by atoms with Crippen molar-refractivity contribution in [3.63, 3.8) is 0 Å². The number of aromatic nitrogens is 3. The molecule has 1 atom stereocenters. The monoisotopic (exact) mass is 234 g/mol. The predicted molar refractivity (Wildman–Crippen MR) is 62.8 cm³/mol. The number of rotatable bonds is 3. The molecule has 2 N–H and O–H groups in total. The van der Waals surface area contributed by atoms with E-state index >= 15 is 0 Å². The third kappa shape index (κ3) is 2.68. The highest BCUT2D eigenvalue weighted by atomic mass is 19.1. The van der Waals surface area contributed by atoms with Crippen LogP contribution in [0.15, 0.2) is 24.5 Å². The molecule has 0 radical (unpaired) electrons. The van der Waals surface area contributed by atoms with Crippen molar-refractivity contribution in [3.8, 4) is 0 Å². The zero-order chi connectivity index (χ0) is 12.4. The first-order valence-electron chi connectivity index (χ1n) is 5.42. The first-order chi connectivity index (χ1) is 8.06. The minimum absolute atomic E-state index is 0.270. The van der Waals surface area contributed by atoms with Crippen LogP contribution in [0.4, 0.5) is 4.39 Å². The molecule has 0 amide bonds. The lowest BCUT2D eigenvalue weighted by Crippen LogP contribution is -2.15. The summed E-state index contributed by atoms with van der Waals surface area (Å²) >= 11 is 0. The van der Waals surface area contributed by atoms with Gasteiger partial charge in [0.25, 0.3) is 0 Å². The molecule has 0 saturated carbocycles. The second-order valence-electron chi connectivity index (χ2n) is 4.15. The van der Waals surface area contributed by atoms with Gasteiger partial charge in [-0.15, -0.1) is 0 Å². The van der Waals surface area contributed by atoms with Crippen LogP contribution in [-0.2, 0) is 13.5 Å². The highest BCUT2D eigenvalue weighted by Crippen LogP contribution is 2.16. The molecule has 4 nitrogen and oxygen atoms in total. The highest BCUT2D eigenvalue weighted by molar-refractivity contribution is 5.18. The normalized spacial score (nSPS) is 12.7. The number of pyridine rings is 1. The number of nitrogens with two attached hydrogens (primary N) is 1. The predicted octanol–water partition coefficient (Wildman–Crippen LogP) is 1.51. The fraction of sp³-hybridized carbons (Fsp3) is 0.333. The quantitative estimate of drug-likeness (QED) is 0.875. The van der Waals surface area contributed by atoms with Gasteiger partial charge in [-0.2, -0.15) is 5.10 Å². The van der Waals surface area contributed by atoms with Gasteiger partial charge in [0.1, 0.15) is 5.82 Å². The van der Waals surface area contributed by atoms with Gasteiger partial charge in [-0.3, -0.25) is 9.67 Å². The van der Waals surface area contributed by atoms with E-state index in [2.05, 4.69) is 10.1 Å². The van der Waals surface area contributed by atoms with Crippen molar-refractivity contribution in [2.75, 3.05) is 0 Å². The Bertz CT molecular complexity index is 521. The van der Waals surface area contributed by atoms with Gasteiger partial charge < -0.3 is 5.73 Å². The molecule has 17 heavy (non-hydrogen) atoms. The van der Waals surface area contributed by atoms with E-state index in [1.54, 1.807) is 10.9 Å². The van der Waals surface area contributed by atoms with Gasteiger partial charge in [0.05, 0.1) is 11.9 Å². The Morgan fingerprint density at radius 3 is 2.76 bits per heavy atom. The minimum atomic E-state index is -0.362. The third-order valence-electron chi connectivity index (χ3n) is 2.68. The molecule has 0 spiro atoms. The zero-order valence-corrected chi connectivity index (χ0v) is 9.89. The molecular weight excluding hydrogens is 219 g/mol. The topological polar surface area (TPSA) is 56.7 Å². The molecule has 2 aromatic rings. The molecule has 0 saturated heterocycles. The Balaban J connectivity index is 2.16. The summed E-state index contributed by atoms with van der Waals surface area (Å²) in [6.07, 6.45) is 3.38. The lowest BCUT2D eigenvalue weighted by molar-refractivity contribution is 0.603. The van der Waals surface area contributed by atoms with Gasteiger partial charge in [-0.25, -0.2) is 4.39 Å². The van der Waals surface area contributed by atoms with Crippen molar-refractivity contribution < 1.29 is 4.39 Å². The zero-order valence-electron chi connectivity index (χ0n) is 9.89. The molecule has 2 heterocycles. The Hall–Kier alpha value is -1.75. The second kappa shape index (κ2) is 4.63. The van der Waals surface area contributed by atoms with E-state index in [0.29, 0.717) is 12.0 Å². The van der Waals surface area contributed by atoms with E-state index < -0.39 is 0 Å². The number of aryl methyl sites for hydroxylation is 2. The van der Waals surface area contributed by atoms with Gasteiger partial charge in [-0.05, 0) is 24.6 Å². The summed E-state index contributed by atoms with van der Waals surface area (Å²) in [5.74, 6) is -0.362. The van der Waals surface area contributed by atoms with Gasteiger partial charge in [-0.1, -0.05) is 0 Å². The maximum atomic E-state index is 13.0. The van der Waals surface area contributed by atoms with Crippen molar-refractivity contribution >= 4 is 0 Å². The highest BCUT2D eigenvalue weighted by Gasteiger charge is 2.11. The SMILES string of the molecule is Cc1cc(CC(N)c2cncc(F)c2)n(C)n1. The van der Waals surface area contributed by atoms with E-state index in [1.807, 2.05) is 20.0 Å². The summed E-state index contributed by atoms with van der Waals surface area (Å²) in [4.78, 5) is 3.80. The number of nitrogens with zero attached hydrogens (tertiary/aromatic N) is 3. The van der Waals surface area contributed by atoms with Crippen LogP contribution in [0.5, 0.6) is 0 Å². The van der Waals surface area contributed by atoms with Crippen LogP contribution in [0, 0.1) is 12.7 Å². The molecule has 0 aromatic carbocycles. The average Bonchev–Trinajstić information content (AvgIpc) is 2.57. The van der Waals surface area contributed by atoms with Gasteiger partial charge in [0.2, 0.25) is 0 Å². The maximum absolute atomic E-state index is 13.0. The van der Waals surface area contributed by atoms with Crippen molar-refractivity contribution in [1.82, 2.24) is 14.8 Å². The van der Waals surface area contributed by atoms with E-state index in [1.165, 1.54) is 12.3 Å². The van der Waals surface area contributed by atoms with Crippen molar-refractivity contribution in [1.29, 1.82) is 0 Å². The summed E-state index contributed by atoms with van der Waals surface area (Å²) in [7, 11) is 1.87. The molecule has 0 fully saturated rings. The fourth-order valence-corrected chi connectivity index (χ4v) is 1.83. The molecule has 2 rings (SSSR count). The Morgan fingerprint density at radius 1 is 1.41 bits per heavy atom. The van der Waals surface area contributed by atoms with Crippen LogP contribution in [-0.4, -0.2) is 14.8 Å². The first kappa shape index (κ1) is 11.7. The second-order valence-corrected chi connectivity index (χ2v) is 4.15. The molecule has 0 aliphatic rings. The molecule has 5 heteroatoms. The van der Waals surface area contributed by atoms with Crippen LogP contribution in [0.2, 0.25) is 0 Å². The van der Waals surface area contributed by atoms with Crippen LogP contribution in [0.25, 0.3) is 0 Å². The first-order valence-corrected chi connectivity index (χ1v) is 5.42. The molecular formula is C12H15FN4. The van der Waals surface area contributed by atoms with Crippen LogP contribution in [0.1, 0.15) is 23.0 Å². The third-order valence-corrected chi connectivity index (χ3v) is 2.68. The molecule has 2 aromatic heterocycles. The lowest BCUT2D eigenvalue weighted by atomic mass is 10.0. The molecule has 1 unspecified atom stereocenters. The standard InChI is InChI=1S/C12H15FN4/c1-8-3-11(17(2)16-8)5-12(14)9-4-10(13)7-15-6-9/h3-4,6-7,12H,5,14H2,1-2H3. The maximum Gasteiger partial charge on any atom is 0.141 e. The van der Waals surface area contributed by atoms with Gasteiger partial charge in [0.15, 0.2) is 0 Å². The average molecular weight is 234 g/mol. The Kier molecular flexibility index (Phi) is 3.19. The van der Waals surface area contributed by atoms with E-state index in [4.69, 9.17) is 5.73 Å². The van der Waals surface area contributed by atoms with E-state index in [0.717, 1.165) is 11.4 Å². The Labute approximate surface area is 99.3 Å². The number of hydrogen-bond donors (Lipinski definition) is 1. The van der Waals surface area contributed by atoms with Crippen LogP contribution >= 0.6 is 0 Å². The molecule has 0 aliphatic carbocycles. The summed E-state index contributed by atoms with van der Waals surface area (Å²) in [6, 6.07) is 3.13. The van der Waals surface area contributed by atoms with E-state index in [-0.39, 0.29) is 11.9 Å². The summed E-state index contributed by atoms with van der Waals surface area (Å²) < 4.78 is 14.8. The lowest BCUT2D eigenvalue weighted by Gasteiger charge is -2.11. The minimum Gasteiger partial charge on any atom is -0.324 e. The smallest absolute Gasteiger partial charge is 0.141 e. The summed E-state index contributed by atoms with van der Waals surface area (Å²) in [5.41, 5.74) is 8.70. The summed E-state index contributed by atoms with van der Waals surface area (Å²) in [5, 5.41) is 4.25. The summed E-state index contributed by atoms with van der Waals surface area (Å²) in [6.45, 7) is 1.93. The number of halogens is 1. The van der Waals surface area contributed by atoms with E-state index in [9.17, 15) is 4.39 Å². The number of hydrogen-bond acceptors (Lipinski definition) is 3. The van der Waals surface area contributed by atoms with Crippen molar-refractivity contribution in [3.05, 3.63) is 47.3 Å². The molecule has 0 aliphatic heterocycles. The van der Waals surface area contributed by atoms with Gasteiger partial charge in [0, 0.05) is 31.4 Å². The Morgan fingerprint density at radius 2 is 2.18 bits per heavy atom. The van der Waals surface area contributed by atoms with Crippen LogP contribution in [0.3, 0.4) is 0 Å². The largest absolute Gasteiger partial charge is 0.324 e. The van der Waals surface area contributed by atoms with Gasteiger partial charge >= 0.3 is 0 Å². The van der Waals surface area contributed by atoms with Crippen molar-refractivity contribution in [2.45, 2.75) is 19.4 Å². The fourth-order valence-electron chi connectivity index (χ4n) is 1.83. The van der Waals surface area contributed by atoms with Crippen LogP contribution < -0.4 is 5.73 Å². The van der Waals surface area contributed by atoms with Crippen molar-refractivity contribution in [2.24, 2.45) is 12.8 Å². The molecule has 0 bridgehead atoms. The molecule has 90 valence electrons.